The zero-order valence-corrected chi connectivity index (χ0v) is 12.2. The summed E-state index contributed by atoms with van der Waals surface area (Å²) in [5.41, 5.74) is 1.24. The molecule has 0 bridgehead atoms. The van der Waals surface area contributed by atoms with E-state index in [-0.39, 0.29) is 24.8 Å². The lowest BCUT2D eigenvalue weighted by Gasteiger charge is -2.33. The van der Waals surface area contributed by atoms with Gasteiger partial charge in [0, 0.05) is 37.2 Å². The van der Waals surface area contributed by atoms with Crippen LogP contribution >= 0.6 is 36.4 Å². The van der Waals surface area contributed by atoms with Gasteiger partial charge in [-0.3, -0.25) is 4.90 Å². The normalized spacial score (nSPS) is 17.8. The van der Waals surface area contributed by atoms with Gasteiger partial charge in [0.05, 0.1) is 0 Å². The molecule has 1 heterocycles. The third kappa shape index (κ3) is 4.31. The van der Waals surface area contributed by atoms with Gasteiger partial charge in [-0.15, -0.1) is 24.8 Å². The SMILES string of the molecule is C[C@@H](c1ccccc1Cl)N1CCNCC1.Cl.Cl. The zero-order chi connectivity index (χ0) is 10.7. The van der Waals surface area contributed by atoms with Crippen LogP contribution in [0.3, 0.4) is 0 Å². The maximum atomic E-state index is 6.20. The van der Waals surface area contributed by atoms with E-state index in [1.807, 2.05) is 12.1 Å². The van der Waals surface area contributed by atoms with Crippen molar-refractivity contribution in [2.24, 2.45) is 0 Å². The average Bonchev–Trinajstić information content (AvgIpc) is 2.30. The first kappa shape index (κ1) is 17.0. The minimum atomic E-state index is 0. The Hall–Kier alpha value is 0.01000. The molecule has 1 atom stereocenters. The topological polar surface area (TPSA) is 15.3 Å². The largest absolute Gasteiger partial charge is 0.314 e. The average molecular weight is 298 g/mol. The highest BCUT2D eigenvalue weighted by molar-refractivity contribution is 6.31. The van der Waals surface area contributed by atoms with Gasteiger partial charge in [-0.25, -0.2) is 0 Å². The lowest BCUT2D eigenvalue weighted by Crippen LogP contribution is -2.44. The van der Waals surface area contributed by atoms with Crippen molar-refractivity contribution in [3.63, 3.8) is 0 Å². The fraction of sp³-hybridized carbons (Fsp3) is 0.500. The van der Waals surface area contributed by atoms with E-state index in [0.29, 0.717) is 6.04 Å². The smallest absolute Gasteiger partial charge is 0.0453 e. The number of hydrogen-bond acceptors (Lipinski definition) is 2. The minimum absolute atomic E-state index is 0. The Bertz CT molecular complexity index is 327. The molecule has 1 aliphatic rings. The van der Waals surface area contributed by atoms with Gasteiger partial charge in [0.1, 0.15) is 0 Å². The van der Waals surface area contributed by atoms with Crippen LogP contribution in [-0.2, 0) is 0 Å². The van der Waals surface area contributed by atoms with Gasteiger partial charge in [0.25, 0.3) is 0 Å². The molecule has 17 heavy (non-hydrogen) atoms. The van der Waals surface area contributed by atoms with Crippen molar-refractivity contribution in [1.29, 1.82) is 0 Å². The fourth-order valence-electron chi connectivity index (χ4n) is 2.08. The molecule has 1 aromatic carbocycles. The summed E-state index contributed by atoms with van der Waals surface area (Å²) in [4.78, 5) is 2.47. The van der Waals surface area contributed by atoms with Crippen molar-refractivity contribution >= 4 is 36.4 Å². The second-order valence-electron chi connectivity index (χ2n) is 3.98. The highest BCUT2D eigenvalue weighted by Crippen LogP contribution is 2.26. The van der Waals surface area contributed by atoms with Gasteiger partial charge in [-0.2, -0.15) is 0 Å². The molecule has 0 spiro atoms. The second-order valence-corrected chi connectivity index (χ2v) is 4.39. The summed E-state index contributed by atoms with van der Waals surface area (Å²) < 4.78 is 0. The summed E-state index contributed by atoms with van der Waals surface area (Å²) in [6.45, 7) is 6.59. The number of rotatable bonds is 2. The molecule has 98 valence electrons. The summed E-state index contributed by atoms with van der Waals surface area (Å²) in [5, 5.41) is 4.24. The molecule has 1 saturated heterocycles. The van der Waals surface area contributed by atoms with Crippen LogP contribution in [0.15, 0.2) is 24.3 Å². The van der Waals surface area contributed by atoms with Crippen LogP contribution < -0.4 is 5.32 Å². The maximum Gasteiger partial charge on any atom is 0.0453 e. The second kappa shape index (κ2) is 8.17. The van der Waals surface area contributed by atoms with Crippen LogP contribution in [0.2, 0.25) is 5.02 Å². The Morgan fingerprint density at radius 1 is 1.18 bits per heavy atom. The molecule has 5 heteroatoms. The van der Waals surface area contributed by atoms with Gasteiger partial charge in [-0.1, -0.05) is 29.8 Å². The Morgan fingerprint density at radius 2 is 1.76 bits per heavy atom. The van der Waals surface area contributed by atoms with Gasteiger partial charge in [-0.05, 0) is 18.6 Å². The molecule has 0 amide bonds. The molecule has 0 aromatic heterocycles. The number of nitrogens with one attached hydrogen (secondary N) is 1. The molecule has 0 aliphatic carbocycles. The van der Waals surface area contributed by atoms with Crippen molar-refractivity contribution in [2.75, 3.05) is 26.2 Å². The van der Waals surface area contributed by atoms with E-state index in [1.165, 1.54) is 5.56 Å². The summed E-state index contributed by atoms with van der Waals surface area (Å²) in [5.74, 6) is 0. The lowest BCUT2D eigenvalue weighted by molar-refractivity contribution is 0.185. The maximum absolute atomic E-state index is 6.20. The monoisotopic (exact) mass is 296 g/mol. The lowest BCUT2D eigenvalue weighted by atomic mass is 10.1. The van der Waals surface area contributed by atoms with Crippen molar-refractivity contribution in [3.8, 4) is 0 Å². The van der Waals surface area contributed by atoms with E-state index in [0.717, 1.165) is 31.2 Å². The first-order valence-electron chi connectivity index (χ1n) is 5.48. The standard InChI is InChI=1S/C12H17ClN2.2ClH/c1-10(15-8-6-14-7-9-15)11-4-2-3-5-12(11)13;;/h2-5,10,14H,6-9H2,1H3;2*1H/t10-;;/m0../s1. The molecule has 0 saturated carbocycles. The highest BCUT2D eigenvalue weighted by Gasteiger charge is 2.19. The number of benzene rings is 1. The van der Waals surface area contributed by atoms with E-state index in [2.05, 4.69) is 29.3 Å². The number of hydrogen-bond donors (Lipinski definition) is 1. The number of nitrogens with zero attached hydrogens (tertiary/aromatic N) is 1. The molecule has 2 rings (SSSR count). The van der Waals surface area contributed by atoms with E-state index in [1.54, 1.807) is 0 Å². The fourth-order valence-corrected chi connectivity index (χ4v) is 2.37. The molecule has 1 N–H and O–H groups in total. The molecular weight excluding hydrogens is 279 g/mol. The Kier molecular flexibility index (Phi) is 8.18. The summed E-state index contributed by atoms with van der Waals surface area (Å²) in [6.07, 6.45) is 0. The Morgan fingerprint density at radius 3 is 2.35 bits per heavy atom. The summed E-state index contributed by atoms with van der Waals surface area (Å²) in [7, 11) is 0. The van der Waals surface area contributed by atoms with Crippen LogP contribution in [-0.4, -0.2) is 31.1 Å². The zero-order valence-electron chi connectivity index (χ0n) is 9.86. The van der Waals surface area contributed by atoms with Crippen molar-refractivity contribution in [2.45, 2.75) is 13.0 Å². The summed E-state index contributed by atoms with van der Waals surface area (Å²) >= 11 is 6.20. The first-order valence-corrected chi connectivity index (χ1v) is 5.86. The van der Waals surface area contributed by atoms with E-state index in [9.17, 15) is 0 Å². The number of halogens is 3. The molecule has 0 radical (unpaired) electrons. The third-order valence-electron chi connectivity index (χ3n) is 3.05. The van der Waals surface area contributed by atoms with Crippen molar-refractivity contribution < 1.29 is 0 Å². The van der Waals surface area contributed by atoms with E-state index in [4.69, 9.17) is 11.6 Å². The van der Waals surface area contributed by atoms with Crippen molar-refractivity contribution in [1.82, 2.24) is 10.2 Å². The van der Waals surface area contributed by atoms with E-state index >= 15 is 0 Å². The van der Waals surface area contributed by atoms with Gasteiger partial charge in [0.15, 0.2) is 0 Å². The molecule has 1 aliphatic heterocycles. The quantitative estimate of drug-likeness (QED) is 0.902. The molecule has 1 aromatic rings. The van der Waals surface area contributed by atoms with Crippen LogP contribution in [0.25, 0.3) is 0 Å². The molecule has 1 fully saturated rings. The molecule has 0 unspecified atom stereocenters. The Labute approximate surface area is 121 Å². The van der Waals surface area contributed by atoms with Crippen LogP contribution in [0.5, 0.6) is 0 Å². The molecule has 2 nitrogen and oxygen atoms in total. The minimum Gasteiger partial charge on any atom is -0.314 e. The highest BCUT2D eigenvalue weighted by atomic mass is 35.5. The molecular formula is C12H19Cl3N2. The predicted octanol–water partition coefficient (Wildman–Crippen LogP) is 3.15. The van der Waals surface area contributed by atoms with Gasteiger partial charge < -0.3 is 5.32 Å². The van der Waals surface area contributed by atoms with E-state index < -0.39 is 0 Å². The van der Waals surface area contributed by atoms with Gasteiger partial charge in [0.2, 0.25) is 0 Å². The summed E-state index contributed by atoms with van der Waals surface area (Å²) in [6, 6.07) is 8.54. The van der Waals surface area contributed by atoms with Crippen LogP contribution in [0.1, 0.15) is 18.5 Å². The number of piperazine rings is 1. The van der Waals surface area contributed by atoms with Crippen molar-refractivity contribution in [3.05, 3.63) is 34.9 Å². The van der Waals surface area contributed by atoms with Crippen LogP contribution in [0.4, 0.5) is 0 Å². The predicted molar refractivity (Wildman–Crippen MR) is 78.8 cm³/mol. The van der Waals surface area contributed by atoms with Gasteiger partial charge >= 0.3 is 0 Å². The Balaban J connectivity index is 0.00000128. The first-order chi connectivity index (χ1) is 7.29. The third-order valence-corrected chi connectivity index (χ3v) is 3.40. The van der Waals surface area contributed by atoms with Crippen LogP contribution in [0, 0.1) is 0 Å².